The number of thiophene rings is 1. The minimum Gasteiger partial charge on any atom is -0.384 e. The smallest absolute Gasteiger partial charge is 0.323 e. The summed E-state index contributed by atoms with van der Waals surface area (Å²) in [5.74, 6) is 0.720. The van der Waals surface area contributed by atoms with E-state index in [4.69, 9.17) is 4.74 Å². The zero-order valence-electron chi connectivity index (χ0n) is 13.5. The number of nitrogens with one attached hydrogen (secondary N) is 1. The number of amides is 2. The number of rotatable bonds is 5. The maximum absolute atomic E-state index is 12.6. The second-order valence-corrected chi connectivity index (χ2v) is 6.66. The monoisotopic (exact) mass is 334 g/mol. The van der Waals surface area contributed by atoms with Crippen LogP contribution in [0.1, 0.15) is 29.5 Å². The van der Waals surface area contributed by atoms with Crippen molar-refractivity contribution < 1.29 is 9.53 Å². The molecule has 0 bridgehead atoms. The van der Waals surface area contributed by atoms with Crippen molar-refractivity contribution in [3.8, 4) is 0 Å². The highest BCUT2D eigenvalue weighted by molar-refractivity contribution is 7.10. The van der Waals surface area contributed by atoms with Crippen molar-refractivity contribution in [2.45, 2.75) is 25.3 Å². The number of urea groups is 1. The first-order chi connectivity index (χ1) is 11.2. The first-order valence-corrected chi connectivity index (χ1v) is 8.70. The molecule has 1 fully saturated rings. The van der Waals surface area contributed by atoms with E-state index < -0.39 is 0 Å². The Morgan fingerprint density at radius 3 is 3.17 bits per heavy atom. The Kier molecular flexibility index (Phi) is 4.97. The van der Waals surface area contributed by atoms with E-state index in [1.54, 1.807) is 23.1 Å². The predicted molar refractivity (Wildman–Crippen MR) is 90.8 cm³/mol. The molecule has 1 atom stereocenters. The highest BCUT2D eigenvalue weighted by Gasteiger charge is 2.31. The average Bonchev–Trinajstić information content (AvgIpc) is 3.26. The van der Waals surface area contributed by atoms with Crippen LogP contribution in [0.3, 0.4) is 0 Å². The van der Waals surface area contributed by atoms with Crippen LogP contribution >= 0.6 is 11.3 Å². The maximum atomic E-state index is 12.6. The van der Waals surface area contributed by atoms with Gasteiger partial charge in [-0.3, -0.25) is 10.00 Å². The van der Waals surface area contributed by atoms with Crippen LogP contribution in [0, 0.1) is 0 Å². The van der Waals surface area contributed by atoms with E-state index >= 15 is 0 Å². The molecule has 7 heteroatoms. The van der Waals surface area contributed by atoms with E-state index in [9.17, 15) is 4.79 Å². The number of carbonyl (C=O) groups excluding carboxylic acids is 1. The molecule has 2 aromatic heterocycles. The fourth-order valence-electron chi connectivity index (χ4n) is 2.94. The van der Waals surface area contributed by atoms with Crippen LogP contribution in [-0.2, 0) is 18.2 Å². The Balaban J connectivity index is 1.68. The molecule has 3 heterocycles. The molecule has 0 radical (unpaired) electrons. The van der Waals surface area contributed by atoms with Crippen molar-refractivity contribution in [2.75, 3.05) is 25.6 Å². The molecule has 1 aliphatic rings. The van der Waals surface area contributed by atoms with E-state index in [1.807, 2.05) is 24.1 Å². The minimum absolute atomic E-state index is 0.0535. The van der Waals surface area contributed by atoms with Gasteiger partial charge in [0.05, 0.1) is 18.3 Å². The van der Waals surface area contributed by atoms with Gasteiger partial charge in [-0.05, 0) is 24.3 Å². The van der Waals surface area contributed by atoms with Gasteiger partial charge in [-0.2, -0.15) is 5.10 Å². The van der Waals surface area contributed by atoms with Gasteiger partial charge in [0.15, 0.2) is 0 Å². The first kappa shape index (κ1) is 16.0. The number of carbonyl (C=O) groups is 1. The summed E-state index contributed by atoms with van der Waals surface area (Å²) < 4.78 is 6.78. The summed E-state index contributed by atoms with van der Waals surface area (Å²) >= 11 is 1.71. The molecule has 2 amide bonds. The molecule has 1 unspecified atom stereocenters. The van der Waals surface area contributed by atoms with Gasteiger partial charge in [0.25, 0.3) is 0 Å². The van der Waals surface area contributed by atoms with Gasteiger partial charge in [0.2, 0.25) is 0 Å². The van der Waals surface area contributed by atoms with Gasteiger partial charge in [-0.25, -0.2) is 4.79 Å². The third-order valence-electron chi connectivity index (χ3n) is 4.11. The Morgan fingerprint density at radius 2 is 2.43 bits per heavy atom. The molecule has 23 heavy (non-hydrogen) atoms. The van der Waals surface area contributed by atoms with E-state index in [0.29, 0.717) is 6.61 Å². The molecule has 6 nitrogen and oxygen atoms in total. The van der Waals surface area contributed by atoms with Gasteiger partial charge in [0.1, 0.15) is 5.82 Å². The fraction of sp³-hybridized carbons (Fsp3) is 0.500. The number of aromatic nitrogens is 2. The normalized spacial score (nSPS) is 17.7. The standard InChI is InChI=1S/C16H22N4O2S/c1-19-15(11-12(18-19)7-9-22-2)17-16(21)20-8-3-5-13(20)14-6-4-10-23-14/h4,6,10-11,13H,3,5,7-9H2,1-2H3,(H,17,21). The Hall–Kier alpha value is -1.86. The van der Waals surface area contributed by atoms with Gasteiger partial charge in [-0.15, -0.1) is 11.3 Å². The molecule has 2 aromatic rings. The van der Waals surface area contributed by atoms with Crippen molar-refractivity contribution in [2.24, 2.45) is 7.05 Å². The van der Waals surface area contributed by atoms with Crippen molar-refractivity contribution >= 4 is 23.2 Å². The zero-order chi connectivity index (χ0) is 16.2. The predicted octanol–water partition coefficient (Wildman–Crippen LogP) is 3.04. The number of methoxy groups -OCH3 is 1. The lowest BCUT2D eigenvalue weighted by Gasteiger charge is -2.24. The Labute approximate surface area is 140 Å². The molecule has 3 rings (SSSR count). The summed E-state index contributed by atoms with van der Waals surface area (Å²) in [6, 6.07) is 6.19. The van der Waals surface area contributed by atoms with Crippen LogP contribution in [0.2, 0.25) is 0 Å². The maximum Gasteiger partial charge on any atom is 0.323 e. The van der Waals surface area contributed by atoms with E-state index in [2.05, 4.69) is 21.9 Å². The largest absolute Gasteiger partial charge is 0.384 e. The lowest BCUT2D eigenvalue weighted by Crippen LogP contribution is -2.34. The number of ether oxygens (including phenoxy) is 1. The SMILES string of the molecule is COCCc1cc(NC(=O)N2CCCC2c2cccs2)n(C)n1. The molecule has 0 aliphatic carbocycles. The number of nitrogens with zero attached hydrogens (tertiary/aromatic N) is 3. The van der Waals surface area contributed by atoms with Gasteiger partial charge < -0.3 is 9.64 Å². The van der Waals surface area contributed by atoms with Crippen LogP contribution in [0.15, 0.2) is 23.6 Å². The van der Waals surface area contributed by atoms with Crippen LogP contribution in [-0.4, -0.2) is 41.0 Å². The summed E-state index contributed by atoms with van der Waals surface area (Å²) in [6.45, 7) is 1.42. The second-order valence-electron chi connectivity index (χ2n) is 5.68. The summed E-state index contributed by atoms with van der Waals surface area (Å²) in [7, 11) is 3.51. The summed E-state index contributed by atoms with van der Waals surface area (Å²) in [4.78, 5) is 15.8. The molecule has 1 N–H and O–H groups in total. The third-order valence-corrected chi connectivity index (χ3v) is 5.09. The molecule has 124 valence electrons. The lowest BCUT2D eigenvalue weighted by molar-refractivity contribution is 0.201. The van der Waals surface area contributed by atoms with E-state index in [-0.39, 0.29) is 12.1 Å². The van der Waals surface area contributed by atoms with Gasteiger partial charge in [0, 0.05) is 38.1 Å². The topological polar surface area (TPSA) is 59.4 Å². The molecular formula is C16H22N4O2S. The quantitative estimate of drug-likeness (QED) is 0.914. The van der Waals surface area contributed by atoms with Crippen LogP contribution in [0.4, 0.5) is 10.6 Å². The van der Waals surface area contributed by atoms with Crippen LogP contribution in [0.25, 0.3) is 0 Å². The van der Waals surface area contributed by atoms with Crippen molar-refractivity contribution in [1.29, 1.82) is 0 Å². The number of anilines is 1. The lowest BCUT2D eigenvalue weighted by atomic mass is 10.2. The molecule has 1 aliphatic heterocycles. The van der Waals surface area contributed by atoms with E-state index in [1.165, 1.54) is 4.88 Å². The van der Waals surface area contributed by atoms with Gasteiger partial charge in [-0.1, -0.05) is 6.07 Å². The molecule has 0 aromatic carbocycles. The van der Waals surface area contributed by atoms with E-state index in [0.717, 1.165) is 37.3 Å². The van der Waals surface area contributed by atoms with Gasteiger partial charge >= 0.3 is 6.03 Å². The van der Waals surface area contributed by atoms with Crippen molar-refractivity contribution in [3.63, 3.8) is 0 Å². The fourth-order valence-corrected chi connectivity index (χ4v) is 3.81. The number of hydrogen-bond donors (Lipinski definition) is 1. The molecule has 0 saturated carbocycles. The zero-order valence-corrected chi connectivity index (χ0v) is 14.3. The van der Waals surface area contributed by atoms with Crippen LogP contribution in [0.5, 0.6) is 0 Å². The number of aryl methyl sites for hydroxylation is 1. The molecular weight excluding hydrogens is 312 g/mol. The minimum atomic E-state index is -0.0535. The number of likely N-dealkylation sites (tertiary alicyclic amines) is 1. The number of hydrogen-bond acceptors (Lipinski definition) is 4. The van der Waals surface area contributed by atoms with Crippen molar-refractivity contribution in [3.05, 3.63) is 34.2 Å². The molecule has 0 spiro atoms. The summed E-state index contributed by atoms with van der Waals surface area (Å²) in [5.41, 5.74) is 0.917. The summed E-state index contributed by atoms with van der Waals surface area (Å²) in [5, 5.41) is 9.46. The van der Waals surface area contributed by atoms with Crippen molar-refractivity contribution in [1.82, 2.24) is 14.7 Å². The highest BCUT2D eigenvalue weighted by Crippen LogP contribution is 2.34. The van der Waals surface area contributed by atoms with Crippen LogP contribution < -0.4 is 5.32 Å². The highest BCUT2D eigenvalue weighted by atomic mass is 32.1. The third kappa shape index (κ3) is 3.56. The Morgan fingerprint density at radius 1 is 1.57 bits per heavy atom. The molecule has 1 saturated heterocycles. The first-order valence-electron chi connectivity index (χ1n) is 7.82. The average molecular weight is 334 g/mol. The summed E-state index contributed by atoms with van der Waals surface area (Å²) in [6.07, 6.45) is 2.81. The Bertz CT molecular complexity index is 653. The second kappa shape index (κ2) is 7.14.